The fourth-order valence-electron chi connectivity index (χ4n) is 3.01. The molecule has 6 heteroatoms. The third-order valence-electron chi connectivity index (χ3n) is 5.00. The zero-order valence-electron chi connectivity index (χ0n) is 16.3. The zero-order chi connectivity index (χ0) is 19.5. The smallest absolute Gasteiger partial charge is 0.325 e. The van der Waals surface area contributed by atoms with Crippen LogP contribution in [-0.2, 0) is 15.1 Å². The zero-order valence-corrected chi connectivity index (χ0v) is 16.3. The molecule has 0 aromatic heterocycles. The molecule has 0 saturated carbocycles. The van der Waals surface area contributed by atoms with E-state index in [0.29, 0.717) is 12.5 Å². The molecule has 1 heterocycles. The van der Waals surface area contributed by atoms with Crippen LogP contribution in [0.5, 0.6) is 0 Å². The molecule has 0 aliphatic carbocycles. The number of nitrogens with one attached hydrogen (secondary N) is 1. The normalized spacial score (nSPS) is 19.8. The second-order valence-electron chi connectivity index (χ2n) is 7.39. The molecule has 1 aromatic rings. The largest absolute Gasteiger partial charge is 0.344 e. The minimum absolute atomic E-state index is 0.232. The van der Waals surface area contributed by atoms with Gasteiger partial charge in [-0.05, 0) is 30.4 Å². The number of nitrogens with zero attached hydrogens (tertiary/aromatic N) is 2. The summed E-state index contributed by atoms with van der Waals surface area (Å²) in [5.74, 6) is -0.239. The summed E-state index contributed by atoms with van der Waals surface area (Å²) in [5, 5.41) is 2.75. The molecule has 2 rings (SSSR count). The second kappa shape index (κ2) is 7.89. The molecule has 0 bridgehead atoms. The van der Waals surface area contributed by atoms with Gasteiger partial charge in [-0.25, -0.2) is 4.79 Å². The van der Waals surface area contributed by atoms with Gasteiger partial charge in [-0.15, -0.1) is 0 Å². The van der Waals surface area contributed by atoms with E-state index in [9.17, 15) is 14.4 Å². The molecule has 1 atom stereocenters. The van der Waals surface area contributed by atoms with E-state index in [1.165, 1.54) is 5.56 Å². The first-order valence-electron chi connectivity index (χ1n) is 9.19. The van der Waals surface area contributed by atoms with Crippen LogP contribution in [0.25, 0.3) is 0 Å². The maximum absolute atomic E-state index is 12.9. The highest BCUT2D eigenvalue weighted by molar-refractivity contribution is 6.09. The van der Waals surface area contributed by atoms with Crippen LogP contribution in [0, 0.1) is 0 Å². The Morgan fingerprint density at radius 2 is 1.85 bits per heavy atom. The van der Waals surface area contributed by atoms with Crippen molar-refractivity contribution >= 4 is 17.8 Å². The number of urea groups is 1. The predicted molar refractivity (Wildman–Crippen MR) is 101 cm³/mol. The number of amides is 4. The molecule has 26 heavy (non-hydrogen) atoms. The van der Waals surface area contributed by atoms with Gasteiger partial charge >= 0.3 is 6.03 Å². The fraction of sp³-hybridized carbons (Fsp3) is 0.550. The number of hydrogen-bond donors (Lipinski definition) is 1. The first-order chi connectivity index (χ1) is 12.2. The average molecular weight is 359 g/mol. The van der Waals surface area contributed by atoms with Crippen molar-refractivity contribution in [3.05, 3.63) is 35.4 Å². The van der Waals surface area contributed by atoms with Gasteiger partial charge in [-0.1, -0.05) is 51.5 Å². The Labute approximate surface area is 155 Å². The lowest BCUT2D eigenvalue weighted by atomic mass is 9.90. The number of likely N-dealkylation sites (N-methyl/N-ethyl adjacent to an activating group) is 1. The molecule has 4 amide bonds. The molecule has 1 aliphatic heterocycles. The van der Waals surface area contributed by atoms with E-state index in [2.05, 4.69) is 19.2 Å². The van der Waals surface area contributed by atoms with E-state index < -0.39 is 17.5 Å². The van der Waals surface area contributed by atoms with Gasteiger partial charge in [-0.3, -0.25) is 14.5 Å². The molecular formula is C20H29N3O3. The third-order valence-corrected chi connectivity index (χ3v) is 5.00. The molecule has 0 spiro atoms. The molecule has 1 saturated heterocycles. The van der Waals surface area contributed by atoms with Crippen molar-refractivity contribution in [1.29, 1.82) is 0 Å². The van der Waals surface area contributed by atoms with Gasteiger partial charge in [0.2, 0.25) is 5.91 Å². The van der Waals surface area contributed by atoms with Gasteiger partial charge in [0.05, 0.1) is 0 Å². The first kappa shape index (κ1) is 19.9. The monoisotopic (exact) mass is 359 g/mol. The second-order valence-corrected chi connectivity index (χ2v) is 7.39. The highest BCUT2D eigenvalue weighted by Crippen LogP contribution is 2.29. The van der Waals surface area contributed by atoms with E-state index in [1.807, 2.05) is 31.2 Å². The SMILES string of the molecule is CCCCN(C)C(=O)CN1C(=O)N[C@](C)(c2ccc(C(C)C)cc2)C1=O. The van der Waals surface area contributed by atoms with E-state index in [4.69, 9.17) is 0 Å². The summed E-state index contributed by atoms with van der Waals surface area (Å²) in [7, 11) is 1.69. The standard InChI is InChI=1S/C20H29N3O3/c1-6-7-12-22(5)17(24)13-23-18(25)20(4,21-19(23)26)16-10-8-15(9-11-16)14(2)3/h8-11,14H,6-7,12-13H2,1-5H3,(H,21,26)/t20-/m1/s1. The van der Waals surface area contributed by atoms with Crippen molar-refractivity contribution in [2.45, 2.75) is 52.0 Å². The van der Waals surface area contributed by atoms with E-state index in [0.717, 1.165) is 23.3 Å². The third kappa shape index (κ3) is 3.89. The van der Waals surface area contributed by atoms with Crippen molar-refractivity contribution in [3.63, 3.8) is 0 Å². The Morgan fingerprint density at radius 1 is 1.23 bits per heavy atom. The van der Waals surface area contributed by atoms with Crippen LogP contribution in [0.1, 0.15) is 57.6 Å². The molecule has 0 radical (unpaired) electrons. The number of carbonyl (C=O) groups is 3. The van der Waals surface area contributed by atoms with E-state index >= 15 is 0 Å². The van der Waals surface area contributed by atoms with Gasteiger partial charge in [0.1, 0.15) is 12.1 Å². The maximum Gasteiger partial charge on any atom is 0.325 e. The summed E-state index contributed by atoms with van der Waals surface area (Å²) >= 11 is 0. The van der Waals surface area contributed by atoms with Gasteiger partial charge in [0.15, 0.2) is 0 Å². The quantitative estimate of drug-likeness (QED) is 0.761. The van der Waals surface area contributed by atoms with Crippen LogP contribution in [0.3, 0.4) is 0 Å². The van der Waals surface area contributed by atoms with Crippen LogP contribution in [-0.4, -0.2) is 47.8 Å². The van der Waals surface area contributed by atoms with Crippen molar-refractivity contribution in [3.8, 4) is 0 Å². The first-order valence-corrected chi connectivity index (χ1v) is 9.19. The molecule has 0 unspecified atom stereocenters. The van der Waals surface area contributed by atoms with Crippen LogP contribution in [0.4, 0.5) is 4.79 Å². The predicted octanol–water partition coefficient (Wildman–Crippen LogP) is 2.84. The van der Waals surface area contributed by atoms with Crippen LogP contribution >= 0.6 is 0 Å². The van der Waals surface area contributed by atoms with Gasteiger partial charge in [-0.2, -0.15) is 0 Å². The number of unbranched alkanes of at least 4 members (excludes halogenated alkanes) is 1. The van der Waals surface area contributed by atoms with Crippen LogP contribution in [0.2, 0.25) is 0 Å². The van der Waals surface area contributed by atoms with E-state index in [1.54, 1.807) is 18.9 Å². The lowest BCUT2D eigenvalue weighted by molar-refractivity contribution is -0.138. The lowest BCUT2D eigenvalue weighted by Gasteiger charge is -2.23. The average Bonchev–Trinajstić information content (AvgIpc) is 2.83. The Hall–Kier alpha value is -2.37. The van der Waals surface area contributed by atoms with Crippen molar-refractivity contribution < 1.29 is 14.4 Å². The Morgan fingerprint density at radius 3 is 2.38 bits per heavy atom. The number of carbonyl (C=O) groups excluding carboxylic acids is 3. The summed E-state index contributed by atoms with van der Waals surface area (Å²) in [6.45, 7) is 8.31. The van der Waals surface area contributed by atoms with Crippen molar-refractivity contribution in [2.24, 2.45) is 0 Å². The minimum Gasteiger partial charge on any atom is -0.344 e. The molecule has 6 nitrogen and oxygen atoms in total. The van der Waals surface area contributed by atoms with Crippen molar-refractivity contribution in [2.75, 3.05) is 20.1 Å². The summed E-state index contributed by atoms with van der Waals surface area (Å²) in [6.07, 6.45) is 1.87. The molecule has 1 aliphatic rings. The van der Waals surface area contributed by atoms with Gasteiger partial charge in [0.25, 0.3) is 5.91 Å². The summed E-state index contributed by atoms with van der Waals surface area (Å²) in [4.78, 5) is 40.1. The fourth-order valence-corrected chi connectivity index (χ4v) is 3.01. The van der Waals surface area contributed by atoms with Crippen LogP contribution in [0.15, 0.2) is 24.3 Å². The molecule has 142 valence electrons. The van der Waals surface area contributed by atoms with Crippen LogP contribution < -0.4 is 5.32 Å². The Balaban J connectivity index is 2.15. The highest BCUT2D eigenvalue weighted by Gasteiger charge is 2.49. The van der Waals surface area contributed by atoms with Gasteiger partial charge < -0.3 is 10.2 Å². The molecule has 1 fully saturated rings. The minimum atomic E-state index is -1.14. The maximum atomic E-state index is 12.9. The molecular weight excluding hydrogens is 330 g/mol. The number of imide groups is 1. The number of benzene rings is 1. The highest BCUT2D eigenvalue weighted by atomic mass is 16.2. The summed E-state index contributed by atoms with van der Waals surface area (Å²) in [6, 6.07) is 7.15. The van der Waals surface area contributed by atoms with E-state index in [-0.39, 0.29) is 12.5 Å². The lowest BCUT2D eigenvalue weighted by Crippen LogP contribution is -2.43. The van der Waals surface area contributed by atoms with Gasteiger partial charge in [0, 0.05) is 13.6 Å². The molecule has 1 N–H and O–H groups in total. The topological polar surface area (TPSA) is 69.7 Å². The molecule has 1 aromatic carbocycles. The Bertz CT molecular complexity index is 684. The number of hydrogen-bond acceptors (Lipinski definition) is 3. The summed E-state index contributed by atoms with van der Waals surface area (Å²) in [5.41, 5.74) is 0.739. The Kier molecular flexibility index (Phi) is 6.05. The summed E-state index contributed by atoms with van der Waals surface area (Å²) < 4.78 is 0. The van der Waals surface area contributed by atoms with Crippen molar-refractivity contribution in [1.82, 2.24) is 15.1 Å². The number of rotatable bonds is 7.